The average molecular weight is 512 g/mol. The molecule has 0 saturated carbocycles. The number of nitrogens with one attached hydrogen (secondary N) is 1. The fraction of sp³-hybridized carbons (Fsp3) is 0.679. The summed E-state index contributed by atoms with van der Waals surface area (Å²) in [5, 5.41) is 3.03. The lowest BCUT2D eigenvalue weighted by molar-refractivity contribution is -0.136. The Bertz CT molecular complexity index is 963. The van der Waals surface area contributed by atoms with Gasteiger partial charge >= 0.3 is 12.1 Å². The highest BCUT2D eigenvalue weighted by molar-refractivity contribution is 5.91. The Balaban J connectivity index is 1.02. The maximum absolute atomic E-state index is 12.8. The predicted molar refractivity (Wildman–Crippen MR) is 141 cm³/mol. The molecule has 3 saturated heterocycles. The summed E-state index contributed by atoms with van der Waals surface area (Å²) in [6.45, 7) is 5.41. The third-order valence-corrected chi connectivity index (χ3v) is 8.95. The number of carbonyl (C=O) groups excluding carboxylic acids is 3. The number of likely N-dealkylation sites (tertiary alicyclic amines) is 3. The summed E-state index contributed by atoms with van der Waals surface area (Å²) < 4.78 is 5.41. The second kappa shape index (κ2) is 11.7. The zero-order valence-electron chi connectivity index (χ0n) is 22.1. The number of hydrogen-bond acceptors (Lipinski definition) is 5. The van der Waals surface area contributed by atoms with Gasteiger partial charge in [0.15, 0.2) is 6.61 Å². The van der Waals surface area contributed by atoms with Crippen LogP contribution in [0.2, 0.25) is 0 Å². The minimum absolute atomic E-state index is 0.0730. The number of amides is 4. The Morgan fingerprint density at radius 1 is 0.865 bits per heavy atom. The van der Waals surface area contributed by atoms with Crippen molar-refractivity contribution in [1.82, 2.24) is 19.6 Å². The molecular formula is C28H41N5O4. The van der Waals surface area contributed by atoms with Crippen LogP contribution in [0.4, 0.5) is 15.3 Å². The van der Waals surface area contributed by atoms with Crippen molar-refractivity contribution in [3.63, 3.8) is 0 Å². The second-order valence-corrected chi connectivity index (χ2v) is 11.2. The number of rotatable bonds is 4. The van der Waals surface area contributed by atoms with Crippen LogP contribution in [0, 0.1) is 11.8 Å². The van der Waals surface area contributed by atoms with E-state index in [1.165, 1.54) is 25.9 Å². The molecule has 0 radical (unpaired) electrons. The molecule has 9 nitrogen and oxygen atoms in total. The van der Waals surface area contributed by atoms with Crippen molar-refractivity contribution in [3.8, 4) is 0 Å². The molecule has 1 aromatic carbocycles. The van der Waals surface area contributed by atoms with Crippen LogP contribution < -0.4 is 5.32 Å². The van der Waals surface area contributed by atoms with Crippen LogP contribution in [0.1, 0.15) is 44.1 Å². The van der Waals surface area contributed by atoms with Gasteiger partial charge in [-0.05, 0) is 88.5 Å². The van der Waals surface area contributed by atoms with Gasteiger partial charge in [-0.25, -0.2) is 9.59 Å². The van der Waals surface area contributed by atoms with Crippen molar-refractivity contribution < 1.29 is 19.1 Å². The lowest BCUT2D eigenvalue weighted by Gasteiger charge is -2.39. The number of ether oxygens (including phenoxy) is 1. The normalized spacial score (nSPS) is 22.8. The van der Waals surface area contributed by atoms with E-state index >= 15 is 0 Å². The van der Waals surface area contributed by atoms with E-state index in [1.54, 1.807) is 4.90 Å². The van der Waals surface area contributed by atoms with E-state index in [1.807, 2.05) is 28.0 Å². The largest absolute Gasteiger partial charge is 0.439 e. The Hall–Kier alpha value is -2.81. The lowest BCUT2D eigenvalue weighted by atomic mass is 9.79. The van der Waals surface area contributed by atoms with E-state index in [0.29, 0.717) is 38.4 Å². The van der Waals surface area contributed by atoms with Crippen molar-refractivity contribution in [2.24, 2.45) is 11.8 Å². The Kier molecular flexibility index (Phi) is 8.17. The highest BCUT2D eigenvalue weighted by atomic mass is 16.6. The Morgan fingerprint density at radius 3 is 2.19 bits per heavy atom. The van der Waals surface area contributed by atoms with Crippen LogP contribution in [0.3, 0.4) is 0 Å². The van der Waals surface area contributed by atoms with Gasteiger partial charge < -0.3 is 29.7 Å². The predicted octanol–water partition coefficient (Wildman–Crippen LogP) is 3.26. The Morgan fingerprint density at radius 2 is 1.49 bits per heavy atom. The van der Waals surface area contributed by atoms with Gasteiger partial charge in [-0.1, -0.05) is 18.2 Å². The maximum atomic E-state index is 12.8. The first-order valence-electron chi connectivity index (χ1n) is 14.0. The molecule has 202 valence electrons. The molecule has 1 N–H and O–H groups in total. The van der Waals surface area contributed by atoms with Crippen molar-refractivity contribution >= 4 is 23.7 Å². The highest BCUT2D eigenvalue weighted by Gasteiger charge is 2.33. The van der Waals surface area contributed by atoms with Gasteiger partial charge in [0.2, 0.25) is 0 Å². The van der Waals surface area contributed by atoms with Gasteiger partial charge in [0.25, 0.3) is 5.91 Å². The number of para-hydroxylation sites is 1. The van der Waals surface area contributed by atoms with E-state index in [9.17, 15) is 14.4 Å². The quantitative estimate of drug-likeness (QED) is 0.671. The molecule has 37 heavy (non-hydrogen) atoms. The van der Waals surface area contributed by atoms with Crippen LogP contribution in [0.25, 0.3) is 0 Å². The van der Waals surface area contributed by atoms with Crippen molar-refractivity contribution in [1.29, 1.82) is 0 Å². The number of fused-ring (bicyclic) bond motifs is 1. The number of urea groups is 1. The molecule has 4 aliphatic heterocycles. The summed E-state index contributed by atoms with van der Waals surface area (Å²) >= 11 is 0. The molecular weight excluding hydrogens is 470 g/mol. The zero-order chi connectivity index (χ0) is 25.8. The number of piperidine rings is 3. The first kappa shape index (κ1) is 25.8. The van der Waals surface area contributed by atoms with Gasteiger partial charge in [0.05, 0.1) is 0 Å². The van der Waals surface area contributed by atoms with E-state index < -0.39 is 6.09 Å². The molecule has 0 atom stereocenters. The van der Waals surface area contributed by atoms with Gasteiger partial charge in [0.1, 0.15) is 0 Å². The van der Waals surface area contributed by atoms with E-state index in [4.69, 9.17) is 4.74 Å². The topological polar surface area (TPSA) is 85.4 Å². The summed E-state index contributed by atoms with van der Waals surface area (Å²) in [6.07, 6.45) is 6.43. The SMILES string of the molecule is CN1CCC(C2CCN(C(=O)COC(=O)N3CCC(N4CCc5ccccc5NC4=O)CC3)CC2)CC1. The average Bonchev–Trinajstić information content (AvgIpc) is 3.10. The first-order valence-corrected chi connectivity index (χ1v) is 14.0. The fourth-order valence-corrected chi connectivity index (χ4v) is 6.52. The molecule has 0 unspecified atom stereocenters. The number of anilines is 1. The van der Waals surface area contributed by atoms with Crippen molar-refractivity contribution in [3.05, 3.63) is 29.8 Å². The molecule has 0 aromatic heterocycles. The van der Waals surface area contributed by atoms with E-state index in [0.717, 1.165) is 49.5 Å². The summed E-state index contributed by atoms with van der Waals surface area (Å²) in [6, 6.07) is 7.93. The smallest absolute Gasteiger partial charge is 0.410 e. The minimum atomic E-state index is -0.430. The van der Waals surface area contributed by atoms with Crippen LogP contribution in [0.5, 0.6) is 0 Å². The van der Waals surface area contributed by atoms with Gasteiger partial charge in [-0.3, -0.25) is 4.79 Å². The summed E-state index contributed by atoms with van der Waals surface area (Å²) in [7, 11) is 2.19. The number of benzene rings is 1. The second-order valence-electron chi connectivity index (χ2n) is 11.2. The molecule has 4 amide bonds. The molecule has 1 aromatic rings. The molecule has 4 aliphatic rings. The summed E-state index contributed by atoms with van der Waals surface area (Å²) in [4.78, 5) is 46.0. The van der Waals surface area contributed by atoms with E-state index in [2.05, 4.69) is 23.3 Å². The first-order chi connectivity index (χ1) is 18.0. The standard InChI is InChI=1S/C28H41N5O4/c1-30-13-6-21(7-14-30)22-8-15-31(16-9-22)26(34)20-37-28(36)32-17-11-24(12-18-32)33-19-10-23-4-2-3-5-25(23)29-27(33)35/h2-5,21-22,24H,6-20H2,1H3,(H,29,35). The zero-order valence-corrected chi connectivity index (χ0v) is 22.1. The molecule has 0 aliphatic carbocycles. The third kappa shape index (κ3) is 6.20. The molecule has 0 bridgehead atoms. The summed E-state index contributed by atoms with van der Waals surface area (Å²) in [5.74, 6) is 1.40. The van der Waals surface area contributed by atoms with Crippen molar-refractivity contribution in [2.45, 2.75) is 51.0 Å². The maximum Gasteiger partial charge on any atom is 0.410 e. The lowest BCUT2D eigenvalue weighted by Crippen LogP contribution is -2.50. The van der Waals surface area contributed by atoms with Gasteiger partial charge in [0, 0.05) is 44.5 Å². The highest BCUT2D eigenvalue weighted by Crippen LogP contribution is 2.32. The molecule has 3 fully saturated rings. The van der Waals surface area contributed by atoms with Crippen LogP contribution >= 0.6 is 0 Å². The van der Waals surface area contributed by atoms with Crippen LogP contribution in [-0.4, -0.2) is 103 Å². The van der Waals surface area contributed by atoms with Gasteiger partial charge in [-0.15, -0.1) is 0 Å². The monoisotopic (exact) mass is 511 g/mol. The van der Waals surface area contributed by atoms with Gasteiger partial charge in [-0.2, -0.15) is 0 Å². The fourth-order valence-electron chi connectivity index (χ4n) is 6.52. The molecule has 9 heteroatoms. The van der Waals surface area contributed by atoms with Crippen LogP contribution in [-0.2, 0) is 16.0 Å². The number of hydrogen-bond donors (Lipinski definition) is 1. The molecule has 4 heterocycles. The molecule has 5 rings (SSSR count). The van der Waals surface area contributed by atoms with E-state index in [-0.39, 0.29) is 24.6 Å². The van der Waals surface area contributed by atoms with Crippen molar-refractivity contribution in [2.75, 3.05) is 64.8 Å². The molecule has 0 spiro atoms. The summed E-state index contributed by atoms with van der Waals surface area (Å²) in [5.41, 5.74) is 2.03. The Labute approximate surface area is 220 Å². The number of nitrogens with zero attached hydrogens (tertiary/aromatic N) is 4. The third-order valence-electron chi connectivity index (χ3n) is 8.95. The minimum Gasteiger partial charge on any atom is -0.439 e. The number of carbonyl (C=O) groups is 3. The van der Waals surface area contributed by atoms with Crippen LogP contribution in [0.15, 0.2) is 24.3 Å².